The van der Waals surface area contributed by atoms with E-state index < -0.39 is 0 Å². The van der Waals surface area contributed by atoms with E-state index in [0.29, 0.717) is 12.8 Å². The van der Waals surface area contributed by atoms with Crippen LogP contribution < -0.4 is 0 Å². The van der Waals surface area contributed by atoms with Crippen LogP contribution in [0.25, 0.3) is 0 Å². The van der Waals surface area contributed by atoms with Gasteiger partial charge in [0.05, 0.1) is 12.1 Å². The Hall–Kier alpha value is -1.91. The van der Waals surface area contributed by atoms with Gasteiger partial charge in [-0.3, -0.25) is 9.48 Å². The molecule has 0 atom stereocenters. The van der Waals surface area contributed by atoms with Crippen LogP contribution in [0.4, 0.5) is 0 Å². The molecule has 108 valence electrons. The van der Waals surface area contributed by atoms with Gasteiger partial charge in [-0.1, -0.05) is 6.92 Å². The lowest BCUT2D eigenvalue weighted by molar-refractivity contribution is -0.117. The first-order chi connectivity index (χ1) is 9.52. The summed E-state index contributed by atoms with van der Waals surface area (Å²) in [5.41, 5.74) is 3.05. The Morgan fingerprint density at radius 3 is 2.65 bits per heavy atom. The van der Waals surface area contributed by atoms with Crippen molar-refractivity contribution in [2.75, 3.05) is 0 Å². The number of carbonyl (C=O) groups is 1. The molecule has 0 aliphatic rings. The van der Waals surface area contributed by atoms with Crippen molar-refractivity contribution in [3.8, 4) is 0 Å². The fraction of sp³-hybridized carbons (Fsp3) is 0.533. The second kappa shape index (κ2) is 6.03. The highest BCUT2D eigenvalue weighted by Crippen LogP contribution is 2.14. The number of hydrogen-bond acceptors (Lipinski definition) is 3. The van der Waals surface area contributed by atoms with E-state index >= 15 is 0 Å². The van der Waals surface area contributed by atoms with E-state index in [0.717, 1.165) is 35.7 Å². The van der Waals surface area contributed by atoms with Crippen molar-refractivity contribution < 1.29 is 4.79 Å². The van der Waals surface area contributed by atoms with E-state index in [1.807, 2.05) is 31.8 Å². The summed E-state index contributed by atoms with van der Waals surface area (Å²) in [5, 5.41) is 4.35. The van der Waals surface area contributed by atoms with Crippen LogP contribution in [0, 0.1) is 13.8 Å². The molecule has 0 unspecified atom stereocenters. The lowest BCUT2D eigenvalue weighted by Gasteiger charge is -2.06. The molecule has 2 aromatic heterocycles. The highest BCUT2D eigenvalue weighted by Gasteiger charge is 2.15. The normalized spacial score (nSPS) is 11.0. The highest BCUT2D eigenvalue weighted by molar-refractivity contribution is 5.82. The summed E-state index contributed by atoms with van der Waals surface area (Å²) in [7, 11) is 1.91. The smallest absolute Gasteiger partial charge is 0.144 e. The standard InChI is InChI=1S/C15H22N4O/c1-5-7-19-8-6-16-15(19)10-13(20)9-14-11(2)17-18(4)12(14)3/h6,8H,5,7,9-10H2,1-4H3. The molecule has 2 heterocycles. The zero-order valence-electron chi connectivity index (χ0n) is 12.7. The third-order valence-electron chi connectivity index (χ3n) is 3.65. The number of Topliss-reactive ketones (excluding diaryl/α,β-unsaturated/α-hetero) is 1. The average Bonchev–Trinajstić information content (AvgIpc) is 2.91. The molecule has 0 aliphatic heterocycles. The molecule has 2 aromatic rings. The summed E-state index contributed by atoms with van der Waals surface area (Å²) < 4.78 is 3.89. The first-order valence-electron chi connectivity index (χ1n) is 7.03. The highest BCUT2D eigenvalue weighted by atomic mass is 16.1. The first-order valence-corrected chi connectivity index (χ1v) is 7.03. The monoisotopic (exact) mass is 274 g/mol. The van der Waals surface area contributed by atoms with Crippen molar-refractivity contribution in [1.82, 2.24) is 19.3 Å². The van der Waals surface area contributed by atoms with E-state index in [2.05, 4.69) is 21.6 Å². The molecule has 0 aromatic carbocycles. The van der Waals surface area contributed by atoms with Crippen molar-refractivity contribution >= 4 is 5.78 Å². The summed E-state index contributed by atoms with van der Waals surface area (Å²) in [5.74, 6) is 1.05. The van der Waals surface area contributed by atoms with Gasteiger partial charge in [0.1, 0.15) is 11.6 Å². The van der Waals surface area contributed by atoms with E-state index in [-0.39, 0.29) is 5.78 Å². The lowest BCUT2D eigenvalue weighted by Crippen LogP contribution is -2.13. The number of imidazole rings is 1. The summed E-state index contributed by atoms with van der Waals surface area (Å²) in [6.07, 6.45) is 5.56. The third kappa shape index (κ3) is 2.98. The van der Waals surface area contributed by atoms with Crippen LogP contribution in [0.3, 0.4) is 0 Å². The zero-order valence-corrected chi connectivity index (χ0v) is 12.7. The van der Waals surface area contributed by atoms with Gasteiger partial charge in [0.2, 0.25) is 0 Å². The largest absolute Gasteiger partial charge is 0.335 e. The minimum absolute atomic E-state index is 0.188. The molecule has 0 aliphatic carbocycles. The Morgan fingerprint density at radius 2 is 2.05 bits per heavy atom. The quantitative estimate of drug-likeness (QED) is 0.809. The second-order valence-corrected chi connectivity index (χ2v) is 5.20. The average molecular weight is 274 g/mol. The molecule has 0 spiro atoms. The van der Waals surface area contributed by atoms with Crippen molar-refractivity contribution in [2.45, 2.75) is 46.6 Å². The molecule has 0 fully saturated rings. The minimum atomic E-state index is 0.188. The molecular weight excluding hydrogens is 252 g/mol. The Balaban J connectivity index is 2.07. The van der Waals surface area contributed by atoms with Crippen molar-refractivity contribution in [2.24, 2.45) is 7.05 Å². The third-order valence-corrected chi connectivity index (χ3v) is 3.65. The Labute approximate surface area is 119 Å². The molecule has 0 amide bonds. The van der Waals surface area contributed by atoms with Gasteiger partial charge in [0, 0.05) is 43.7 Å². The maximum Gasteiger partial charge on any atom is 0.144 e. The van der Waals surface area contributed by atoms with E-state index in [1.165, 1.54) is 0 Å². The zero-order chi connectivity index (χ0) is 14.7. The molecule has 20 heavy (non-hydrogen) atoms. The Kier molecular flexibility index (Phi) is 4.37. The van der Waals surface area contributed by atoms with E-state index in [9.17, 15) is 4.79 Å². The summed E-state index contributed by atoms with van der Waals surface area (Å²) in [6.45, 7) is 6.98. The molecule has 0 saturated carbocycles. The lowest BCUT2D eigenvalue weighted by atomic mass is 10.1. The van der Waals surface area contributed by atoms with Gasteiger partial charge in [-0.05, 0) is 20.3 Å². The summed E-state index contributed by atoms with van der Waals surface area (Å²) in [4.78, 5) is 16.5. The van der Waals surface area contributed by atoms with Gasteiger partial charge in [-0.2, -0.15) is 5.10 Å². The van der Waals surface area contributed by atoms with Crippen LogP contribution in [-0.2, 0) is 31.2 Å². The molecule has 5 nitrogen and oxygen atoms in total. The van der Waals surface area contributed by atoms with Crippen molar-refractivity contribution in [1.29, 1.82) is 0 Å². The van der Waals surface area contributed by atoms with Gasteiger partial charge in [0.25, 0.3) is 0 Å². The van der Waals surface area contributed by atoms with Gasteiger partial charge in [-0.25, -0.2) is 4.98 Å². The summed E-state index contributed by atoms with van der Waals surface area (Å²) >= 11 is 0. The number of carbonyl (C=O) groups excluding carboxylic acids is 1. The predicted molar refractivity (Wildman–Crippen MR) is 77.6 cm³/mol. The second-order valence-electron chi connectivity index (χ2n) is 5.20. The molecule has 2 rings (SSSR count). The number of aromatic nitrogens is 4. The van der Waals surface area contributed by atoms with E-state index in [4.69, 9.17) is 0 Å². The molecular formula is C15H22N4O. The molecule has 5 heteroatoms. The maximum atomic E-state index is 12.3. The van der Waals surface area contributed by atoms with Crippen LogP contribution in [0.15, 0.2) is 12.4 Å². The van der Waals surface area contributed by atoms with E-state index in [1.54, 1.807) is 6.20 Å². The molecule has 0 bridgehead atoms. The predicted octanol–water partition coefficient (Wildman–Crippen LogP) is 2.00. The van der Waals surface area contributed by atoms with Crippen LogP contribution >= 0.6 is 0 Å². The van der Waals surface area contributed by atoms with Crippen LogP contribution in [0.5, 0.6) is 0 Å². The number of aryl methyl sites for hydroxylation is 3. The number of nitrogens with zero attached hydrogens (tertiary/aromatic N) is 4. The minimum Gasteiger partial charge on any atom is -0.335 e. The number of hydrogen-bond donors (Lipinski definition) is 0. The Morgan fingerprint density at radius 1 is 1.30 bits per heavy atom. The van der Waals surface area contributed by atoms with Crippen molar-refractivity contribution in [3.05, 3.63) is 35.2 Å². The fourth-order valence-electron chi connectivity index (χ4n) is 2.46. The van der Waals surface area contributed by atoms with Crippen LogP contribution in [-0.4, -0.2) is 25.1 Å². The molecule has 0 radical (unpaired) electrons. The SMILES string of the molecule is CCCn1ccnc1CC(=O)Cc1c(C)nn(C)c1C. The fourth-order valence-corrected chi connectivity index (χ4v) is 2.46. The summed E-state index contributed by atoms with van der Waals surface area (Å²) in [6, 6.07) is 0. The van der Waals surface area contributed by atoms with Gasteiger partial charge < -0.3 is 4.57 Å². The van der Waals surface area contributed by atoms with Crippen LogP contribution in [0.2, 0.25) is 0 Å². The van der Waals surface area contributed by atoms with Gasteiger partial charge >= 0.3 is 0 Å². The number of rotatable bonds is 6. The van der Waals surface area contributed by atoms with Gasteiger partial charge in [0.15, 0.2) is 0 Å². The van der Waals surface area contributed by atoms with Gasteiger partial charge in [-0.15, -0.1) is 0 Å². The molecule has 0 saturated heterocycles. The van der Waals surface area contributed by atoms with Crippen molar-refractivity contribution in [3.63, 3.8) is 0 Å². The Bertz CT molecular complexity index is 609. The topological polar surface area (TPSA) is 52.7 Å². The number of ketones is 1. The first kappa shape index (κ1) is 14.5. The maximum absolute atomic E-state index is 12.3. The molecule has 0 N–H and O–H groups in total. The van der Waals surface area contributed by atoms with Crippen LogP contribution in [0.1, 0.15) is 36.1 Å².